The van der Waals surface area contributed by atoms with Crippen molar-refractivity contribution >= 4 is 17.6 Å². The molecule has 0 saturated carbocycles. The number of nitrogens with one attached hydrogen (secondary N) is 2. The lowest BCUT2D eigenvalue weighted by Crippen LogP contribution is -2.47. The molecule has 208 valence electrons. The summed E-state index contributed by atoms with van der Waals surface area (Å²) >= 11 is 0. The fraction of sp³-hybridized carbons (Fsp3) is 0.355. The highest BCUT2D eigenvalue weighted by Crippen LogP contribution is 2.25. The third kappa shape index (κ3) is 7.42. The molecule has 9 heteroatoms. The maximum Gasteiger partial charge on any atom is 0.255 e. The molecule has 1 atom stereocenters. The van der Waals surface area contributed by atoms with Gasteiger partial charge in [-0.2, -0.15) is 5.26 Å². The van der Waals surface area contributed by atoms with Crippen LogP contribution < -0.4 is 16.4 Å². The van der Waals surface area contributed by atoms with Crippen LogP contribution in [0, 0.1) is 17.1 Å². The molecule has 8 nitrogen and oxygen atoms in total. The molecule has 1 aliphatic rings. The number of nitrogens with two attached hydrogens (primary N) is 1. The molecule has 4 rings (SSSR count). The van der Waals surface area contributed by atoms with Crippen LogP contribution in [0.4, 0.5) is 10.2 Å². The van der Waals surface area contributed by atoms with Gasteiger partial charge in [-0.15, -0.1) is 0 Å². The van der Waals surface area contributed by atoms with Crippen molar-refractivity contribution in [2.45, 2.75) is 44.6 Å². The summed E-state index contributed by atoms with van der Waals surface area (Å²) in [5.74, 6) is -0.221. The Morgan fingerprint density at radius 1 is 1.10 bits per heavy atom. The van der Waals surface area contributed by atoms with E-state index in [1.807, 2.05) is 23.1 Å². The van der Waals surface area contributed by atoms with Gasteiger partial charge in [-0.05, 0) is 55.2 Å². The van der Waals surface area contributed by atoms with E-state index in [1.165, 1.54) is 12.1 Å². The standard InChI is InChI=1S/C31H35FN6O2/c32-24-9-6-7-22(19-24)15-17-35-30-27(12-13-28(37-30)26-11-4-3-8-23(26)20-34)31(40)36-21-25-10-2-1-5-18-38(25)29(39)14-16-33/h3-4,6-9,11-13,19,25H,1-2,5,10,14-18,21,33H2,(H,35,37)(H,36,40). The topological polar surface area (TPSA) is 124 Å². The van der Waals surface area contributed by atoms with E-state index in [0.29, 0.717) is 67.2 Å². The van der Waals surface area contributed by atoms with Gasteiger partial charge in [0.1, 0.15) is 11.6 Å². The average molecular weight is 543 g/mol. The summed E-state index contributed by atoms with van der Waals surface area (Å²) in [7, 11) is 0. The molecule has 0 radical (unpaired) electrons. The SMILES string of the molecule is N#Cc1ccccc1-c1ccc(C(=O)NCC2CCCCCN2C(=O)CCN)c(NCCc2cccc(F)c2)n1. The van der Waals surface area contributed by atoms with Crippen LogP contribution in [0.5, 0.6) is 0 Å². The van der Waals surface area contributed by atoms with Crippen molar-refractivity contribution in [3.63, 3.8) is 0 Å². The Balaban J connectivity index is 1.55. The van der Waals surface area contributed by atoms with E-state index in [9.17, 15) is 19.2 Å². The lowest BCUT2D eigenvalue weighted by Gasteiger charge is -2.30. The number of anilines is 1. The zero-order valence-electron chi connectivity index (χ0n) is 22.5. The lowest BCUT2D eigenvalue weighted by molar-refractivity contribution is -0.133. The molecule has 1 unspecified atom stereocenters. The summed E-state index contributed by atoms with van der Waals surface area (Å²) in [6.07, 6.45) is 4.62. The van der Waals surface area contributed by atoms with E-state index < -0.39 is 0 Å². The fourth-order valence-corrected chi connectivity index (χ4v) is 5.04. The monoisotopic (exact) mass is 542 g/mol. The molecule has 1 saturated heterocycles. The second-order valence-electron chi connectivity index (χ2n) is 9.90. The summed E-state index contributed by atoms with van der Waals surface area (Å²) in [6.45, 7) is 1.72. The normalized spacial score (nSPS) is 15.1. The Labute approximate surface area is 234 Å². The number of hydrogen-bond acceptors (Lipinski definition) is 6. The van der Waals surface area contributed by atoms with Gasteiger partial charge in [0.15, 0.2) is 0 Å². The summed E-state index contributed by atoms with van der Waals surface area (Å²) in [4.78, 5) is 32.7. The van der Waals surface area contributed by atoms with Crippen molar-refractivity contribution in [1.29, 1.82) is 5.26 Å². The first-order valence-electron chi connectivity index (χ1n) is 13.8. The van der Waals surface area contributed by atoms with Crippen LogP contribution in [0.3, 0.4) is 0 Å². The molecule has 0 aliphatic carbocycles. The number of likely N-dealkylation sites (tertiary alicyclic amines) is 1. The van der Waals surface area contributed by atoms with E-state index >= 15 is 0 Å². The number of hydrogen-bond donors (Lipinski definition) is 3. The third-order valence-electron chi connectivity index (χ3n) is 7.11. The maximum absolute atomic E-state index is 13.6. The molecule has 1 aliphatic heterocycles. The van der Waals surface area contributed by atoms with Crippen molar-refractivity contribution in [3.05, 3.63) is 83.2 Å². The van der Waals surface area contributed by atoms with Crippen LogP contribution in [-0.2, 0) is 11.2 Å². The van der Waals surface area contributed by atoms with Crippen molar-refractivity contribution in [1.82, 2.24) is 15.2 Å². The predicted octanol–water partition coefficient (Wildman–Crippen LogP) is 4.26. The second-order valence-corrected chi connectivity index (χ2v) is 9.90. The summed E-state index contributed by atoms with van der Waals surface area (Å²) in [5, 5.41) is 15.8. The van der Waals surface area contributed by atoms with E-state index in [0.717, 1.165) is 31.2 Å². The number of carbonyl (C=O) groups is 2. The average Bonchev–Trinajstić information content (AvgIpc) is 3.22. The molecule has 1 fully saturated rings. The molecule has 2 heterocycles. The molecule has 1 aromatic heterocycles. The highest BCUT2D eigenvalue weighted by atomic mass is 19.1. The zero-order valence-corrected chi connectivity index (χ0v) is 22.5. The van der Waals surface area contributed by atoms with Gasteiger partial charge in [-0.1, -0.05) is 43.2 Å². The molecule has 0 bridgehead atoms. The highest BCUT2D eigenvalue weighted by molar-refractivity contribution is 5.99. The molecule has 2 aromatic carbocycles. The number of amides is 2. The minimum atomic E-state index is -0.309. The summed E-state index contributed by atoms with van der Waals surface area (Å²) < 4.78 is 13.6. The second kappa shape index (κ2) is 14.2. The first kappa shape index (κ1) is 28.7. The van der Waals surface area contributed by atoms with E-state index in [2.05, 4.69) is 16.7 Å². The minimum Gasteiger partial charge on any atom is -0.369 e. The minimum absolute atomic E-state index is 0.0190. The Morgan fingerprint density at radius 3 is 2.75 bits per heavy atom. The number of pyridine rings is 1. The van der Waals surface area contributed by atoms with Crippen LogP contribution in [-0.4, -0.2) is 53.9 Å². The van der Waals surface area contributed by atoms with Crippen molar-refractivity contribution < 1.29 is 14.0 Å². The van der Waals surface area contributed by atoms with Crippen LogP contribution in [0.1, 0.15) is 53.6 Å². The number of halogens is 1. The van der Waals surface area contributed by atoms with E-state index in [4.69, 9.17) is 10.7 Å². The van der Waals surface area contributed by atoms with Gasteiger partial charge in [0.05, 0.1) is 22.9 Å². The molecule has 2 amide bonds. The van der Waals surface area contributed by atoms with Gasteiger partial charge in [0, 0.05) is 44.2 Å². The quantitative estimate of drug-likeness (QED) is 0.352. The molecule has 3 aromatic rings. The van der Waals surface area contributed by atoms with E-state index in [1.54, 1.807) is 30.3 Å². The Kier molecular flexibility index (Phi) is 10.2. The largest absolute Gasteiger partial charge is 0.369 e. The highest BCUT2D eigenvalue weighted by Gasteiger charge is 2.26. The molecule has 4 N–H and O–H groups in total. The number of nitrogens with zero attached hydrogens (tertiary/aromatic N) is 3. The predicted molar refractivity (Wildman–Crippen MR) is 153 cm³/mol. The maximum atomic E-state index is 13.6. The van der Waals surface area contributed by atoms with Crippen molar-refractivity contribution in [3.8, 4) is 17.3 Å². The number of carbonyl (C=O) groups excluding carboxylic acids is 2. The molecular weight excluding hydrogens is 507 g/mol. The van der Waals surface area contributed by atoms with Crippen LogP contribution in [0.2, 0.25) is 0 Å². The molecular formula is C31H35FN6O2. The third-order valence-corrected chi connectivity index (χ3v) is 7.11. The van der Waals surface area contributed by atoms with Crippen molar-refractivity contribution in [2.75, 3.05) is 31.5 Å². The number of rotatable bonds is 10. The number of benzene rings is 2. The fourth-order valence-electron chi connectivity index (χ4n) is 5.04. The Morgan fingerprint density at radius 2 is 1.95 bits per heavy atom. The van der Waals surface area contributed by atoms with Crippen LogP contribution in [0.15, 0.2) is 60.7 Å². The number of nitriles is 1. The van der Waals surface area contributed by atoms with E-state index in [-0.39, 0.29) is 23.7 Å². The molecule has 0 spiro atoms. The van der Waals surface area contributed by atoms with Gasteiger partial charge in [-0.3, -0.25) is 9.59 Å². The molecule has 40 heavy (non-hydrogen) atoms. The summed E-state index contributed by atoms with van der Waals surface area (Å²) in [6, 6.07) is 19.1. The Hall–Kier alpha value is -4.29. The first-order valence-corrected chi connectivity index (χ1v) is 13.8. The van der Waals surface area contributed by atoms with Gasteiger partial charge < -0.3 is 21.3 Å². The van der Waals surface area contributed by atoms with Gasteiger partial charge in [0.2, 0.25) is 5.91 Å². The van der Waals surface area contributed by atoms with Crippen LogP contribution in [0.25, 0.3) is 11.3 Å². The summed E-state index contributed by atoms with van der Waals surface area (Å²) in [5.41, 5.74) is 8.50. The van der Waals surface area contributed by atoms with Crippen molar-refractivity contribution in [2.24, 2.45) is 5.73 Å². The lowest BCUT2D eigenvalue weighted by atomic mass is 10.0. The van der Waals surface area contributed by atoms with Gasteiger partial charge in [-0.25, -0.2) is 9.37 Å². The smallest absolute Gasteiger partial charge is 0.255 e. The van der Waals surface area contributed by atoms with Gasteiger partial charge >= 0.3 is 0 Å². The van der Waals surface area contributed by atoms with Gasteiger partial charge in [0.25, 0.3) is 5.91 Å². The van der Waals surface area contributed by atoms with Crippen LogP contribution >= 0.6 is 0 Å². The number of aromatic nitrogens is 1. The Bertz CT molecular complexity index is 1370. The zero-order chi connectivity index (χ0) is 28.3. The first-order chi connectivity index (χ1) is 19.5.